The van der Waals surface area contributed by atoms with E-state index in [4.69, 9.17) is 4.42 Å². The Kier molecular flexibility index (Phi) is 3.73. The summed E-state index contributed by atoms with van der Waals surface area (Å²) >= 11 is 0. The van der Waals surface area contributed by atoms with Gasteiger partial charge in [-0.1, -0.05) is 24.3 Å². The molecule has 1 atom stereocenters. The zero-order valence-electron chi connectivity index (χ0n) is 15.1. The molecule has 0 saturated heterocycles. The van der Waals surface area contributed by atoms with Crippen LogP contribution in [0.3, 0.4) is 0 Å². The summed E-state index contributed by atoms with van der Waals surface area (Å²) in [5.41, 5.74) is 5.68. The Labute approximate surface area is 157 Å². The number of benzene rings is 2. The molecule has 0 bridgehead atoms. The smallest absolute Gasteiger partial charge is 0.255 e. The van der Waals surface area contributed by atoms with Crippen molar-refractivity contribution in [3.8, 4) is 5.69 Å². The van der Waals surface area contributed by atoms with Crippen LogP contribution in [0, 0.1) is 0 Å². The van der Waals surface area contributed by atoms with Crippen LogP contribution in [0.25, 0.3) is 16.7 Å². The van der Waals surface area contributed by atoms with Gasteiger partial charge < -0.3 is 9.32 Å². The van der Waals surface area contributed by atoms with Crippen LogP contribution in [0.2, 0.25) is 0 Å². The molecule has 27 heavy (non-hydrogen) atoms. The highest BCUT2D eigenvalue weighted by atomic mass is 16.3. The first-order valence-electron chi connectivity index (χ1n) is 9.15. The van der Waals surface area contributed by atoms with Gasteiger partial charge in [0.05, 0.1) is 6.26 Å². The highest BCUT2D eigenvalue weighted by Gasteiger charge is 2.25. The van der Waals surface area contributed by atoms with Crippen molar-refractivity contribution in [1.82, 2.24) is 9.47 Å². The number of fused-ring (bicyclic) bond motifs is 2. The third-order valence-corrected chi connectivity index (χ3v) is 5.42. The lowest BCUT2D eigenvalue weighted by molar-refractivity contribution is 0.295. The van der Waals surface area contributed by atoms with Gasteiger partial charge in [-0.05, 0) is 54.1 Å². The summed E-state index contributed by atoms with van der Waals surface area (Å²) in [5, 5.41) is 1.13. The maximum Gasteiger partial charge on any atom is 0.255 e. The average molecular weight is 356 g/mol. The van der Waals surface area contributed by atoms with E-state index in [1.54, 1.807) is 23.0 Å². The van der Waals surface area contributed by atoms with E-state index in [-0.39, 0.29) is 11.5 Å². The second-order valence-corrected chi connectivity index (χ2v) is 7.26. The van der Waals surface area contributed by atoms with Crippen LogP contribution in [0.4, 0.5) is 0 Å². The predicted molar refractivity (Wildman–Crippen MR) is 106 cm³/mol. The number of furan rings is 1. The molecule has 1 aliphatic rings. The third-order valence-electron chi connectivity index (χ3n) is 5.42. The maximum atomic E-state index is 12.2. The Morgan fingerprint density at radius 1 is 1.04 bits per heavy atom. The molecule has 0 spiro atoms. The van der Waals surface area contributed by atoms with Crippen LogP contribution in [-0.4, -0.2) is 23.1 Å². The summed E-state index contributed by atoms with van der Waals surface area (Å²) in [6.45, 7) is 1.84. The molecule has 1 unspecified atom stereocenters. The number of hydrogen-bond acceptors (Lipinski definition) is 3. The monoisotopic (exact) mass is 356 g/mol. The van der Waals surface area contributed by atoms with Crippen LogP contribution in [0.15, 0.2) is 82.3 Å². The van der Waals surface area contributed by atoms with Gasteiger partial charge in [0.15, 0.2) is 0 Å². The Balaban J connectivity index is 1.61. The molecule has 4 aromatic rings. The number of hydrogen-bond donors (Lipinski definition) is 0. The van der Waals surface area contributed by atoms with E-state index in [2.05, 4.69) is 42.3 Å². The fourth-order valence-electron chi connectivity index (χ4n) is 4.10. The van der Waals surface area contributed by atoms with E-state index in [9.17, 15) is 4.79 Å². The standard InChI is InChI=1S/C23H20N2O2/c1-24-14-18-12-19(25-10-3-2-4-23(25)26)7-8-20(18)21(15-24)17-6-5-16-9-11-27-22(16)13-17/h2-13,21H,14-15H2,1H3. The van der Waals surface area contributed by atoms with Crippen molar-refractivity contribution in [3.05, 3.63) is 100 Å². The molecule has 4 nitrogen and oxygen atoms in total. The summed E-state index contributed by atoms with van der Waals surface area (Å²) < 4.78 is 7.30. The van der Waals surface area contributed by atoms with Crippen molar-refractivity contribution in [3.63, 3.8) is 0 Å². The molecule has 0 radical (unpaired) electrons. The van der Waals surface area contributed by atoms with Crippen molar-refractivity contribution in [1.29, 1.82) is 0 Å². The minimum Gasteiger partial charge on any atom is -0.464 e. The Hall–Kier alpha value is -3.11. The van der Waals surface area contributed by atoms with Crippen LogP contribution >= 0.6 is 0 Å². The normalized spacial score (nSPS) is 17.1. The molecule has 0 N–H and O–H groups in total. The molecule has 1 aliphatic heterocycles. The van der Waals surface area contributed by atoms with Crippen LogP contribution in [0.5, 0.6) is 0 Å². The van der Waals surface area contributed by atoms with Gasteiger partial charge in [0.2, 0.25) is 0 Å². The summed E-state index contributed by atoms with van der Waals surface area (Å²) in [5.74, 6) is 0.287. The van der Waals surface area contributed by atoms with Crippen molar-refractivity contribution in [2.75, 3.05) is 13.6 Å². The maximum absolute atomic E-state index is 12.2. The molecule has 5 rings (SSSR count). The van der Waals surface area contributed by atoms with Gasteiger partial charge in [-0.2, -0.15) is 0 Å². The Morgan fingerprint density at radius 2 is 1.96 bits per heavy atom. The predicted octanol–water partition coefficient (Wildman–Crippen LogP) is 4.16. The second-order valence-electron chi connectivity index (χ2n) is 7.26. The fourth-order valence-corrected chi connectivity index (χ4v) is 4.10. The summed E-state index contributed by atoms with van der Waals surface area (Å²) in [6.07, 6.45) is 3.55. The molecule has 2 aromatic heterocycles. The minimum absolute atomic E-state index is 0.0126. The van der Waals surface area contributed by atoms with Gasteiger partial charge >= 0.3 is 0 Å². The molecule has 0 aliphatic carbocycles. The minimum atomic E-state index is -0.0126. The largest absolute Gasteiger partial charge is 0.464 e. The molecule has 0 fully saturated rings. The van der Waals surface area contributed by atoms with Gasteiger partial charge in [0, 0.05) is 42.3 Å². The van der Waals surface area contributed by atoms with E-state index in [1.165, 1.54) is 16.7 Å². The lowest BCUT2D eigenvalue weighted by Gasteiger charge is -2.33. The summed E-state index contributed by atoms with van der Waals surface area (Å²) in [7, 11) is 2.14. The Morgan fingerprint density at radius 3 is 2.85 bits per heavy atom. The van der Waals surface area contributed by atoms with Crippen LogP contribution < -0.4 is 5.56 Å². The van der Waals surface area contributed by atoms with E-state index >= 15 is 0 Å². The number of nitrogens with zero attached hydrogens (tertiary/aromatic N) is 2. The number of pyridine rings is 1. The van der Waals surface area contributed by atoms with Gasteiger partial charge in [-0.3, -0.25) is 9.36 Å². The van der Waals surface area contributed by atoms with Gasteiger partial charge in [0.25, 0.3) is 5.56 Å². The molecule has 2 aromatic carbocycles. The highest BCUT2D eigenvalue weighted by Crippen LogP contribution is 2.35. The van der Waals surface area contributed by atoms with Gasteiger partial charge in [0.1, 0.15) is 5.58 Å². The zero-order chi connectivity index (χ0) is 18.4. The van der Waals surface area contributed by atoms with Crippen molar-refractivity contribution in [2.24, 2.45) is 0 Å². The summed E-state index contributed by atoms with van der Waals surface area (Å²) in [6, 6.07) is 20.1. The second kappa shape index (κ2) is 6.25. The SMILES string of the molecule is CN1Cc2cc(-n3ccccc3=O)ccc2C(c2ccc3ccoc3c2)C1. The van der Waals surface area contributed by atoms with Crippen molar-refractivity contribution >= 4 is 11.0 Å². The van der Waals surface area contributed by atoms with E-state index in [0.717, 1.165) is 29.7 Å². The molecule has 0 saturated carbocycles. The van der Waals surface area contributed by atoms with Crippen LogP contribution in [0.1, 0.15) is 22.6 Å². The number of likely N-dealkylation sites (N-methyl/N-ethyl adjacent to an activating group) is 1. The first kappa shape index (κ1) is 16.1. The molecule has 4 heteroatoms. The average Bonchev–Trinajstić information content (AvgIpc) is 3.15. The van der Waals surface area contributed by atoms with Crippen molar-refractivity contribution < 1.29 is 4.42 Å². The van der Waals surface area contributed by atoms with E-state index < -0.39 is 0 Å². The van der Waals surface area contributed by atoms with Gasteiger partial charge in [-0.15, -0.1) is 0 Å². The number of aromatic nitrogens is 1. The topological polar surface area (TPSA) is 38.4 Å². The molecular weight excluding hydrogens is 336 g/mol. The Bertz CT molecular complexity index is 1190. The number of rotatable bonds is 2. The lowest BCUT2D eigenvalue weighted by atomic mass is 9.84. The van der Waals surface area contributed by atoms with E-state index in [0.29, 0.717) is 0 Å². The quantitative estimate of drug-likeness (QED) is 0.541. The molecular formula is C23H20N2O2. The molecule has 3 heterocycles. The molecule has 0 amide bonds. The zero-order valence-corrected chi connectivity index (χ0v) is 15.1. The molecule has 134 valence electrons. The van der Waals surface area contributed by atoms with Gasteiger partial charge in [-0.25, -0.2) is 0 Å². The highest BCUT2D eigenvalue weighted by molar-refractivity contribution is 5.78. The third kappa shape index (κ3) is 2.78. The lowest BCUT2D eigenvalue weighted by Crippen LogP contribution is -2.31. The first-order chi connectivity index (χ1) is 13.2. The van der Waals surface area contributed by atoms with E-state index in [1.807, 2.05) is 24.4 Å². The first-order valence-corrected chi connectivity index (χ1v) is 9.15. The fraction of sp³-hybridized carbons (Fsp3) is 0.174. The summed E-state index contributed by atoms with van der Waals surface area (Å²) in [4.78, 5) is 14.5. The van der Waals surface area contributed by atoms with Crippen molar-refractivity contribution in [2.45, 2.75) is 12.5 Å². The van der Waals surface area contributed by atoms with Crippen LogP contribution in [-0.2, 0) is 6.54 Å².